The number of aromatic nitrogens is 1. The quantitative estimate of drug-likeness (QED) is 0.681. The number of piperazine rings is 1. The Morgan fingerprint density at radius 3 is 2.52 bits per heavy atom. The SMILES string of the molecule is O=C(c1cc(-c2ccccc2)on1)N1CCN(c2cc(F)ccc2Cl)CC1. The predicted molar refractivity (Wildman–Crippen MR) is 101 cm³/mol. The largest absolute Gasteiger partial charge is 0.367 e. The Morgan fingerprint density at radius 1 is 1.04 bits per heavy atom. The molecule has 7 heteroatoms. The van der Waals surface area contributed by atoms with E-state index in [1.807, 2.05) is 35.2 Å². The molecule has 2 aromatic carbocycles. The molecule has 1 fully saturated rings. The van der Waals surface area contributed by atoms with Gasteiger partial charge in [-0.05, 0) is 18.2 Å². The summed E-state index contributed by atoms with van der Waals surface area (Å²) < 4.78 is 18.8. The number of anilines is 1. The second-order valence-corrected chi connectivity index (χ2v) is 6.72. The van der Waals surface area contributed by atoms with E-state index in [9.17, 15) is 9.18 Å². The van der Waals surface area contributed by atoms with Crippen LogP contribution in [0.5, 0.6) is 0 Å². The van der Waals surface area contributed by atoms with Crippen molar-refractivity contribution >= 4 is 23.2 Å². The Kier molecular flexibility index (Phi) is 4.81. The molecule has 0 bridgehead atoms. The minimum Gasteiger partial charge on any atom is -0.367 e. The first-order valence-corrected chi connectivity index (χ1v) is 9.01. The number of benzene rings is 2. The molecule has 1 aliphatic rings. The summed E-state index contributed by atoms with van der Waals surface area (Å²) in [7, 11) is 0. The molecule has 5 nitrogen and oxygen atoms in total. The zero-order valence-electron chi connectivity index (χ0n) is 14.4. The van der Waals surface area contributed by atoms with Crippen LogP contribution in [0.4, 0.5) is 10.1 Å². The van der Waals surface area contributed by atoms with Gasteiger partial charge in [0.2, 0.25) is 0 Å². The topological polar surface area (TPSA) is 49.6 Å². The molecule has 0 radical (unpaired) electrons. The van der Waals surface area contributed by atoms with Crippen molar-refractivity contribution in [3.8, 4) is 11.3 Å². The molecular weight excluding hydrogens is 369 g/mol. The van der Waals surface area contributed by atoms with E-state index in [4.69, 9.17) is 16.1 Å². The van der Waals surface area contributed by atoms with Crippen LogP contribution in [-0.2, 0) is 0 Å². The van der Waals surface area contributed by atoms with Gasteiger partial charge in [0, 0.05) is 37.8 Å². The molecule has 0 N–H and O–H groups in total. The van der Waals surface area contributed by atoms with Crippen LogP contribution in [-0.4, -0.2) is 42.1 Å². The lowest BCUT2D eigenvalue weighted by Gasteiger charge is -2.36. The van der Waals surface area contributed by atoms with Crippen molar-refractivity contribution in [2.45, 2.75) is 0 Å². The maximum atomic E-state index is 13.5. The van der Waals surface area contributed by atoms with Crippen molar-refractivity contribution in [3.63, 3.8) is 0 Å². The monoisotopic (exact) mass is 385 g/mol. The van der Waals surface area contributed by atoms with Crippen molar-refractivity contribution in [2.75, 3.05) is 31.1 Å². The number of halogens is 2. The smallest absolute Gasteiger partial charge is 0.276 e. The fourth-order valence-corrected chi connectivity index (χ4v) is 3.39. The first kappa shape index (κ1) is 17.5. The Balaban J connectivity index is 1.43. The summed E-state index contributed by atoms with van der Waals surface area (Å²) in [5.74, 6) is 0.0546. The second-order valence-electron chi connectivity index (χ2n) is 6.32. The van der Waals surface area contributed by atoms with Gasteiger partial charge in [0.1, 0.15) is 5.82 Å². The van der Waals surface area contributed by atoms with Gasteiger partial charge in [0.15, 0.2) is 11.5 Å². The van der Waals surface area contributed by atoms with Crippen LogP contribution in [0.1, 0.15) is 10.5 Å². The number of carbonyl (C=O) groups is 1. The Bertz CT molecular complexity index is 953. The highest BCUT2D eigenvalue weighted by Gasteiger charge is 2.25. The minimum atomic E-state index is -0.330. The molecule has 3 aromatic rings. The lowest BCUT2D eigenvalue weighted by atomic mass is 10.1. The maximum absolute atomic E-state index is 13.5. The summed E-state index contributed by atoms with van der Waals surface area (Å²) in [6, 6.07) is 15.5. The normalized spacial score (nSPS) is 14.4. The standard InChI is InChI=1S/C20H17ClFN3O2/c21-16-7-6-15(22)12-18(16)24-8-10-25(11-9-24)20(26)17-13-19(27-23-17)14-4-2-1-3-5-14/h1-7,12-13H,8-11H2. The van der Waals surface area contributed by atoms with Crippen LogP contribution < -0.4 is 4.90 Å². The fraction of sp³-hybridized carbons (Fsp3) is 0.200. The number of hydrogen-bond acceptors (Lipinski definition) is 4. The van der Waals surface area contributed by atoms with E-state index in [2.05, 4.69) is 5.16 Å². The van der Waals surface area contributed by atoms with Crippen LogP contribution in [0, 0.1) is 5.82 Å². The summed E-state index contributed by atoms with van der Waals surface area (Å²) in [5, 5.41) is 4.42. The molecule has 0 aliphatic carbocycles. The Morgan fingerprint density at radius 2 is 1.78 bits per heavy atom. The Labute approximate surface area is 160 Å². The van der Waals surface area contributed by atoms with Gasteiger partial charge in [-0.2, -0.15) is 0 Å². The first-order valence-electron chi connectivity index (χ1n) is 8.63. The van der Waals surface area contributed by atoms with Gasteiger partial charge < -0.3 is 14.3 Å². The van der Waals surface area contributed by atoms with E-state index in [-0.39, 0.29) is 17.4 Å². The molecule has 1 aromatic heterocycles. The lowest BCUT2D eigenvalue weighted by Crippen LogP contribution is -2.49. The summed E-state index contributed by atoms with van der Waals surface area (Å²) >= 11 is 6.17. The van der Waals surface area contributed by atoms with Gasteiger partial charge in [-0.15, -0.1) is 0 Å². The third kappa shape index (κ3) is 3.66. The molecule has 1 aliphatic heterocycles. The molecule has 138 valence electrons. The van der Waals surface area contributed by atoms with E-state index in [0.717, 1.165) is 5.56 Å². The van der Waals surface area contributed by atoms with Crippen molar-refractivity contribution in [1.82, 2.24) is 10.1 Å². The highest BCUT2D eigenvalue weighted by molar-refractivity contribution is 6.33. The fourth-order valence-electron chi connectivity index (χ4n) is 3.16. The molecule has 0 unspecified atom stereocenters. The minimum absolute atomic E-state index is 0.175. The zero-order valence-corrected chi connectivity index (χ0v) is 15.2. The van der Waals surface area contributed by atoms with Crippen molar-refractivity contribution in [3.05, 3.63) is 71.1 Å². The van der Waals surface area contributed by atoms with E-state index in [0.29, 0.717) is 42.6 Å². The van der Waals surface area contributed by atoms with Crippen LogP contribution in [0.2, 0.25) is 5.02 Å². The van der Waals surface area contributed by atoms with E-state index < -0.39 is 0 Å². The van der Waals surface area contributed by atoms with Gasteiger partial charge in [-0.1, -0.05) is 47.1 Å². The average Bonchev–Trinajstić information content (AvgIpc) is 3.20. The molecule has 0 spiro atoms. The van der Waals surface area contributed by atoms with Crippen LogP contribution >= 0.6 is 11.6 Å². The van der Waals surface area contributed by atoms with Gasteiger partial charge in [0.25, 0.3) is 5.91 Å². The van der Waals surface area contributed by atoms with Gasteiger partial charge in [-0.25, -0.2) is 4.39 Å². The number of carbonyl (C=O) groups excluding carboxylic acids is 1. The van der Waals surface area contributed by atoms with Gasteiger partial charge in [-0.3, -0.25) is 4.79 Å². The summed E-state index contributed by atoms with van der Waals surface area (Å²) in [5.41, 5.74) is 1.80. The van der Waals surface area contributed by atoms with Crippen LogP contribution in [0.3, 0.4) is 0 Å². The maximum Gasteiger partial charge on any atom is 0.276 e. The Hall–Kier alpha value is -2.86. The first-order chi connectivity index (χ1) is 13.1. The third-order valence-corrected chi connectivity index (χ3v) is 4.92. The van der Waals surface area contributed by atoms with Crippen molar-refractivity contribution < 1.29 is 13.7 Å². The van der Waals surface area contributed by atoms with E-state index in [1.165, 1.54) is 12.1 Å². The molecule has 27 heavy (non-hydrogen) atoms. The summed E-state index contributed by atoms with van der Waals surface area (Å²) in [6.45, 7) is 2.13. The third-order valence-electron chi connectivity index (χ3n) is 4.60. The molecule has 1 amide bonds. The number of hydrogen-bond donors (Lipinski definition) is 0. The molecule has 2 heterocycles. The lowest BCUT2D eigenvalue weighted by molar-refractivity contribution is 0.0736. The number of nitrogens with zero attached hydrogens (tertiary/aromatic N) is 3. The molecule has 1 saturated heterocycles. The van der Waals surface area contributed by atoms with E-state index in [1.54, 1.807) is 17.0 Å². The van der Waals surface area contributed by atoms with Gasteiger partial charge >= 0.3 is 0 Å². The molecule has 0 saturated carbocycles. The number of rotatable bonds is 3. The highest BCUT2D eigenvalue weighted by Crippen LogP contribution is 2.28. The molecular formula is C20H17ClFN3O2. The average molecular weight is 386 g/mol. The summed E-state index contributed by atoms with van der Waals surface area (Å²) in [4.78, 5) is 16.4. The van der Waals surface area contributed by atoms with E-state index >= 15 is 0 Å². The summed E-state index contributed by atoms with van der Waals surface area (Å²) in [6.07, 6.45) is 0. The number of amides is 1. The second kappa shape index (κ2) is 7.40. The van der Waals surface area contributed by atoms with Crippen LogP contribution in [0.25, 0.3) is 11.3 Å². The zero-order chi connectivity index (χ0) is 18.8. The highest BCUT2D eigenvalue weighted by atomic mass is 35.5. The molecule has 4 rings (SSSR count). The van der Waals surface area contributed by atoms with Gasteiger partial charge in [0.05, 0.1) is 10.7 Å². The van der Waals surface area contributed by atoms with Crippen molar-refractivity contribution in [1.29, 1.82) is 0 Å². The predicted octanol–water partition coefficient (Wildman–Crippen LogP) is 4.10. The van der Waals surface area contributed by atoms with Crippen molar-refractivity contribution in [2.24, 2.45) is 0 Å². The molecule has 0 atom stereocenters. The van der Waals surface area contributed by atoms with Crippen LogP contribution in [0.15, 0.2) is 59.1 Å².